The van der Waals surface area contributed by atoms with E-state index in [9.17, 15) is 9.59 Å². The molecule has 0 bridgehead atoms. The van der Waals surface area contributed by atoms with E-state index in [-0.39, 0.29) is 41.7 Å². The second-order valence-corrected chi connectivity index (χ2v) is 10.4. The van der Waals surface area contributed by atoms with Crippen LogP contribution in [-0.2, 0) is 21.4 Å². The van der Waals surface area contributed by atoms with Crippen LogP contribution in [0.25, 0.3) is 0 Å². The minimum Gasteiger partial charge on any atom is -0.330 e. The maximum Gasteiger partial charge on any atom is 0.243 e. The average Bonchev–Trinajstić information content (AvgIpc) is 3.18. The molecule has 0 spiro atoms. The first kappa shape index (κ1) is 22.8. The van der Waals surface area contributed by atoms with Crippen molar-refractivity contribution in [3.8, 4) is 0 Å². The van der Waals surface area contributed by atoms with E-state index in [4.69, 9.17) is 11.6 Å². The highest BCUT2D eigenvalue weighted by Crippen LogP contribution is 2.38. The monoisotopic (exact) mass is 446 g/mol. The van der Waals surface area contributed by atoms with Crippen LogP contribution in [0.5, 0.6) is 0 Å². The number of amides is 2. The topological polar surface area (TPSA) is 40.6 Å². The summed E-state index contributed by atoms with van der Waals surface area (Å²) in [5, 5.41) is 2.10. The van der Waals surface area contributed by atoms with Gasteiger partial charge in [0.1, 0.15) is 12.4 Å². The van der Waals surface area contributed by atoms with Gasteiger partial charge in [-0.3, -0.25) is 9.59 Å². The minimum atomic E-state index is -0.209. The predicted octanol–water partition coefficient (Wildman–Crippen LogP) is 5.00. The molecule has 1 aliphatic heterocycles. The molecule has 1 unspecified atom stereocenters. The van der Waals surface area contributed by atoms with Gasteiger partial charge in [0.05, 0.1) is 6.04 Å². The van der Waals surface area contributed by atoms with Gasteiger partial charge in [0.25, 0.3) is 0 Å². The second kappa shape index (κ2) is 9.11. The standard InChI is InChI=1S/C24H31ClN2O2S/c1-16(2)27(21(28)14-25)15-22(29)26-12-10-20-19(11-13-30-20)23(26)17-6-8-18(9-7-17)24(3,4)5/h6-9,11,13,16,23H,10,12,14-15H2,1-5H3. The summed E-state index contributed by atoms with van der Waals surface area (Å²) in [5.74, 6) is -0.360. The highest BCUT2D eigenvalue weighted by Gasteiger charge is 2.34. The summed E-state index contributed by atoms with van der Waals surface area (Å²) in [6, 6.07) is 10.5. The summed E-state index contributed by atoms with van der Waals surface area (Å²) in [6.07, 6.45) is 0.848. The molecule has 0 radical (unpaired) electrons. The molecule has 162 valence electrons. The van der Waals surface area contributed by atoms with Crippen molar-refractivity contribution in [2.75, 3.05) is 19.0 Å². The largest absolute Gasteiger partial charge is 0.330 e. The number of alkyl halides is 1. The van der Waals surface area contributed by atoms with Gasteiger partial charge >= 0.3 is 0 Å². The Hall–Kier alpha value is -1.85. The first-order chi connectivity index (χ1) is 14.1. The van der Waals surface area contributed by atoms with Gasteiger partial charge in [0.2, 0.25) is 11.8 Å². The Balaban J connectivity index is 1.93. The van der Waals surface area contributed by atoms with Gasteiger partial charge in [-0.05, 0) is 53.8 Å². The third kappa shape index (κ3) is 4.73. The van der Waals surface area contributed by atoms with Crippen LogP contribution in [0.15, 0.2) is 35.7 Å². The Morgan fingerprint density at radius 2 is 1.87 bits per heavy atom. The Morgan fingerprint density at radius 3 is 2.43 bits per heavy atom. The molecule has 30 heavy (non-hydrogen) atoms. The number of rotatable bonds is 5. The number of carbonyl (C=O) groups is 2. The summed E-state index contributed by atoms with van der Waals surface area (Å²) in [5.41, 5.74) is 3.65. The SMILES string of the molecule is CC(C)N(CC(=O)N1CCc2sccc2C1c1ccc(C(C)(C)C)cc1)C(=O)CCl. The van der Waals surface area contributed by atoms with Crippen molar-refractivity contribution in [1.82, 2.24) is 9.80 Å². The average molecular weight is 447 g/mol. The van der Waals surface area contributed by atoms with Crippen molar-refractivity contribution in [2.45, 2.75) is 58.5 Å². The fourth-order valence-electron chi connectivity index (χ4n) is 3.98. The lowest BCUT2D eigenvalue weighted by molar-refractivity contribution is -0.141. The molecule has 0 saturated carbocycles. The number of hydrogen-bond donors (Lipinski definition) is 0. The minimum absolute atomic E-state index is 0.0380. The second-order valence-electron chi connectivity index (χ2n) is 9.16. The number of nitrogens with zero attached hydrogens (tertiary/aromatic N) is 2. The zero-order chi connectivity index (χ0) is 22.1. The van der Waals surface area contributed by atoms with Crippen molar-refractivity contribution in [1.29, 1.82) is 0 Å². The van der Waals surface area contributed by atoms with E-state index < -0.39 is 0 Å². The Morgan fingerprint density at radius 1 is 1.20 bits per heavy atom. The lowest BCUT2D eigenvalue weighted by atomic mass is 9.85. The number of halogens is 1. The lowest BCUT2D eigenvalue weighted by Gasteiger charge is -2.38. The van der Waals surface area contributed by atoms with Crippen molar-refractivity contribution in [2.24, 2.45) is 0 Å². The molecule has 0 aliphatic carbocycles. The molecule has 1 aliphatic rings. The van der Waals surface area contributed by atoms with Crippen LogP contribution in [0.1, 0.15) is 62.2 Å². The maximum atomic E-state index is 13.4. The van der Waals surface area contributed by atoms with Gasteiger partial charge < -0.3 is 9.80 Å². The molecule has 4 nitrogen and oxygen atoms in total. The Labute approximate surface area is 188 Å². The maximum absolute atomic E-state index is 13.4. The summed E-state index contributed by atoms with van der Waals surface area (Å²) < 4.78 is 0. The number of benzene rings is 1. The molecule has 2 heterocycles. The number of carbonyl (C=O) groups excluding carboxylic acids is 2. The first-order valence-electron chi connectivity index (χ1n) is 10.4. The van der Waals surface area contributed by atoms with Crippen LogP contribution in [0.3, 0.4) is 0 Å². The first-order valence-corrected chi connectivity index (χ1v) is 11.9. The van der Waals surface area contributed by atoms with Crippen LogP contribution >= 0.6 is 22.9 Å². The van der Waals surface area contributed by atoms with E-state index in [1.165, 1.54) is 16.0 Å². The summed E-state index contributed by atoms with van der Waals surface area (Å²) in [4.78, 5) is 30.4. The molecule has 0 fully saturated rings. The lowest BCUT2D eigenvalue weighted by Crippen LogP contribution is -2.49. The molecule has 2 amide bonds. The van der Waals surface area contributed by atoms with Gasteiger partial charge in [0, 0.05) is 17.5 Å². The molecule has 1 aromatic heterocycles. The molecule has 0 N–H and O–H groups in total. The zero-order valence-electron chi connectivity index (χ0n) is 18.4. The fourth-order valence-corrected chi connectivity index (χ4v) is 5.04. The van der Waals surface area contributed by atoms with Gasteiger partial charge in [-0.15, -0.1) is 22.9 Å². The van der Waals surface area contributed by atoms with Crippen molar-refractivity contribution >= 4 is 34.8 Å². The van der Waals surface area contributed by atoms with Gasteiger partial charge in [0.15, 0.2) is 0 Å². The van der Waals surface area contributed by atoms with Crippen LogP contribution in [0, 0.1) is 0 Å². The molecule has 0 saturated heterocycles. The Bertz CT molecular complexity index is 899. The van der Waals surface area contributed by atoms with E-state index >= 15 is 0 Å². The number of hydrogen-bond acceptors (Lipinski definition) is 3. The van der Waals surface area contributed by atoms with E-state index in [0.29, 0.717) is 6.54 Å². The van der Waals surface area contributed by atoms with E-state index in [2.05, 4.69) is 56.5 Å². The third-order valence-corrected chi connectivity index (χ3v) is 6.97. The normalized spacial score (nSPS) is 16.5. The molecule has 3 rings (SSSR count). The van der Waals surface area contributed by atoms with Crippen LogP contribution in [0.4, 0.5) is 0 Å². The van der Waals surface area contributed by atoms with Crippen molar-refractivity contribution in [3.63, 3.8) is 0 Å². The fraction of sp³-hybridized carbons (Fsp3) is 0.500. The zero-order valence-corrected chi connectivity index (χ0v) is 20.0. The molecular weight excluding hydrogens is 416 g/mol. The predicted molar refractivity (Wildman–Crippen MR) is 124 cm³/mol. The van der Waals surface area contributed by atoms with Crippen LogP contribution in [-0.4, -0.2) is 46.6 Å². The van der Waals surface area contributed by atoms with E-state index in [1.54, 1.807) is 16.2 Å². The molecule has 1 aromatic carbocycles. The highest BCUT2D eigenvalue weighted by atomic mass is 35.5. The molecule has 6 heteroatoms. The van der Waals surface area contributed by atoms with Crippen LogP contribution in [0.2, 0.25) is 0 Å². The summed E-state index contributed by atoms with van der Waals surface area (Å²) in [7, 11) is 0. The smallest absolute Gasteiger partial charge is 0.243 e. The molecule has 2 aromatic rings. The molecule has 1 atom stereocenters. The van der Waals surface area contributed by atoms with Crippen molar-refractivity contribution < 1.29 is 9.59 Å². The van der Waals surface area contributed by atoms with E-state index in [0.717, 1.165) is 12.0 Å². The Kier molecular flexibility index (Phi) is 6.93. The van der Waals surface area contributed by atoms with Gasteiger partial charge in [-0.25, -0.2) is 0 Å². The van der Waals surface area contributed by atoms with Gasteiger partial charge in [-0.1, -0.05) is 45.0 Å². The van der Waals surface area contributed by atoms with Gasteiger partial charge in [-0.2, -0.15) is 0 Å². The third-order valence-electron chi connectivity index (χ3n) is 5.74. The molecular formula is C24H31ClN2O2S. The number of thiophene rings is 1. The highest BCUT2D eigenvalue weighted by molar-refractivity contribution is 7.10. The van der Waals surface area contributed by atoms with Crippen LogP contribution < -0.4 is 0 Å². The summed E-state index contributed by atoms with van der Waals surface area (Å²) in [6.45, 7) is 11.1. The van der Waals surface area contributed by atoms with Crippen molar-refractivity contribution in [3.05, 3.63) is 57.3 Å². The number of fused-ring (bicyclic) bond motifs is 1. The quantitative estimate of drug-likeness (QED) is 0.606. The van der Waals surface area contributed by atoms with E-state index in [1.807, 2.05) is 18.7 Å². The summed E-state index contributed by atoms with van der Waals surface area (Å²) >= 11 is 7.53.